The second-order valence-corrected chi connectivity index (χ2v) is 7.23. The first-order chi connectivity index (χ1) is 11.5. The van der Waals surface area contributed by atoms with Crippen molar-refractivity contribution in [3.63, 3.8) is 0 Å². The van der Waals surface area contributed by atoms with E-state index in [1.165, 1.54) is 0 Å². The molecular weight excluding hydrogens is 388 g/mol. The fraction of sp³-hybridized carbons (Fsp3) is 0.235. The zero-order valence-electron chi connectivity index (χ0n) is 13.4. The van der Waals surface area contributed by atoms with Crippen LogP contribution >= 0.6 is 27.3 Å². The van der Waals surface area contributed by atoms with Gasteiger partial charge in [0.1, 0.15) is 0 Å². The van der Waals surface area contributed by atoms with Gasteiger partial charge in [0.25, 0.3) is 5.91 Å². The quantitative estimate of drug-likeness (QED) is 0.705. The number of nitrogens with one attached hydrogen (secondary N) is 1. The molecule has 3 aromatic rings. The number of rotatable bonds is 5. The van der Waals surface area contributed by atoms with Crippen molar-refractivity contribution in [3.05, 3.63) is 62.8 Å². The Morgan fingerprint density at radius 2 is 2.04 bits per heavy atom. The van der Waals surface area contributed by atoms with Crippen LogP contribution < -0.4 is 5.32 Å². The molecule has 0 aliphatic heterocycles. The van der Waals surface area contributed by atoms with Gasteiger partial charge in [-0.2, -0.15) is 5.10 Å². The van der Waals surface area contributed by atoms with Gasteiger partial charge < -0.3 is 5.32 Å². The van der Waals surface area contributed by atoms with E-state index in [0.29, 0.717) is 18.5 Å². The molecule has 7 heteroatoms. The summed E-state index contributed by atoms with van der Waals surface area (Å²) in [5.74, 6) is -0.0727. The zero-order valence-corrected chi connectivity index (χ0v) is 15.8. The molecule has 0 saturated heterocycles. The van der Waals surface area contributed by atoms with Gasteiger partial charge in [0.15, 0.2) is 0 Å². The maximum absolute atomic E-state index is 12.1. The largest absolute Gasteiger partial charge is 0.352 e. The number of hydrogen-bond donors (Lipinski definition) is 1. The highest BCUT2D eigenvalue weighted by molar-refractivity contribution is 9.10. The van der Waals surface area contributed by atoms with Crippen molar-refractivity contribution in [3.8, 4) is 5.13 Å². The summed E-state index contributed by atoms with van der Waals surface area (Å²) in [6.07, 6.45) is 0.693. The number of aryl methyl sites for hydroxylation is 2. The van der Waals surface area contributed by atoms with Gasteiger partial charge in [-0.25, -0.2) is 9.67 Å². The Labute approximate surface area is 152 Å². The number of carbonyl (C=O) groups is 1. The third kappa shape index (κ3) is 3.91. The van der Waals surface area contributed by atoms with Crippen LogP contribution in [-0.2, 0) is 6.42 Å². The van der Waals surface area contributed by atoms with Gasteiger partial charge in [0.2, 0.25) is 5.13 Å². The second-order valence-electron chi connectivity index (χ2n) is 5.47. The van der Waals surface area contributed by atoms with Gasteiger partial charge in [-0.1, -0.05) is 15.9 Å². The molecule has 0 bridgehead atoms. The van der Waals surface area contributed by atoms with Crippen LogP contribution in [0.1, 0.15) is 27.4 Å². The summed E-state index contributed by atoms with van der Waals surface area (Å²) < 4.78 is 2.81. The molecule has 1 amide bonds. The average molecular weight is 405 g/mol. The lowest BCUT2D eigenvalue weighted by Gasteiger charge is -2.04. The Hall–Kier alpha value is -1.99. The second kappa shape index (κ2) is 7.27. The van der Waals surface area contributed by atoms with E-state index in [0.717, 1.165) is 26.7 Å². The Kier molecular flexibility index (Phi) is 5.11. The standard InChI is InChI=1S/C17H17BrN4OS/c1-11-9-12(2)22(21-11)17-20-15(10-24-17)7-8-19-16(23)13-3-5-14(18)6-4-13/h3-6,9-10H,7-8H2,1-2H3,(H,19,23). The van der Waals surface area contributed by atoms with E-state index in [1.54, 1.807) is 23.5 Å². The summed E-state index contributed by atoms with van der Waals surface area (Å²) in [5.41, 5.74) is 3.65. The lowest BCUT2D eigenvalue weighted by atomic mass is 10.2. The Morgan fingerprint density at radius 1 is 1.29 bits per heavy atom. The van der Waals surface area contributed by atoms with Gasteiger partial charge >= 0.3 is 0 Å². The summed E-state index contributed by atoms with van der Waals surface area (Å²) in [6, 6.07) is 9.33. The summed E-state index contributed by atoms with van der Waals surface area (Å²) in [5, 5.41) is 10.2. The minimum absolute atomic E-state index is 0.0727. The molecule has 124 valence electrons. The molecule has 1 aromatic carbocycles. The Bertz CT molecular complexity index is 854. The number of nitrogens with zero attached hydrogens (tertiary/aromatic N) is 3. The number of halogens is 1. The molecule has 2 heterocycles. The summed E-state index contributed by atoms with van der Waals surface area (Å²) in [7, 11) is 0. The van der Waals surface area contributed by atoms with Crippen LogP contribution in [0.2, 0.25) is 0 Å². The third-order valence-corrected chi connectivity index (χ3v) is 4.90. The molecule has 1 N–H and O–H groups in total. The molecular formula is C17H17BrN4OS. The first kappa shape index (κ1) is 16.9. The van der Waals surface area contributed by atoms with Crippen LogP contribution in [0.5, 0.6) is 0 Å². The van der Waals surface area contributed by atoms with Gasteiger partial charge in [0.05, 0.1) is 11.4 Å². The fourth-order valence-electron chi connectivity index (χ4n) is 2.34. The van der Waals surface area contributed by atoms with Crippen molar-refractivity contribution in [1.82, 2.24) is 20.1 Å². The fourth-order valence-corrected chi connectivity index (χ4v) is 3.47. The van der Waals surface area contributed by atoms with Crippen LogP contribution in [0, 0.1) is 13.8 Å². The molecule has 0 saturated carbocycles. The predicted octanol–water partition coefficient (Wildman–Crippen LogP) is 3.68. The summed E-state index contributed by atoms with van der Waals surface area (Å²) in [6.45, 7) is 4.53. The third-order valence-electron chi connectivity index (χ3n) is 3.50. The van der Waals surface area contributed by atoms with Gasteiger partial charge in [-0.05, 0) is 44.2 Å². The van der Waals surface area contributed by atoms with Crippen molar-refractivity contribution < 1.29 is 4.79 Å². The van der Waals surface area contributed by atoms with Crippen molar-refractivity contribution in [2.24, 2.45) is 0 Å². The lowest BCUT2D eigenvalue weighted by Crippen LogP contribution is -2.25. The molecule has 24 heavy (non-hydrogen) atoms. The number of benzene rings is 1. The summed E-state index contributed by atoms with van der Waals surface area (Å²) >= 11 is 4.92. The number of carbonyl (C=O) groups excluding carboxylic acids is 1. The predicted molar refractivity (Wildman–Crippen MR) is 98.9 cm³/mol. The van der Waals surface area contributed by atoms with Crippen molar-refractivity contribution in [2.45, 2.75) is 20.3 Å². The van der Waals surface area contributed by atoms with Crippen LogP contribution in [0.15, 0.2) is 40.2 Å². The highest BCUT2D eigenvalue weighted by Crippen LogP contribution is 2.17. The number of hydrogen-bond acceptors (Lipinski definition) is 4. The monoisotopic (exact) mass is 404 g/mol. The minimum Gasteiger partial charge on any atom is -0.352 e. The molecule has 0 radical (unpaired) electrons. The van der Waals surface area contributed by atoms with Crippen molar-refractivity contribution in [2.75, 3.05) is 6.54 Å². The number of aromatic nitrogens is 3. The maximum Gasteiger partial charge on any atom is 0.251 e. The van der Waals surface area contributed by atoms with Gasteiger partial charge in [-0.15, -0.1) is 11.3 Å². The van der Waals surface area contributed by atoms with Crippen LogP contribution in [0.3, 0.4) is 0 Å². The number of thiazole rings is 1. The van der Waals surface area contributed by atoms with Crippen molar-refractivity contribution >= 4 is 33.2 Å². The molecule has 3 rings (SSSR count). The molecule has 0 aliphatic carbocycles. The molecule has 2 aromatic heterocycles. The maximum atomic E-state index is 12.1. The van der Waals surface area contributed by atoms with Gasteiger partial charge in [-0.3, -0.25) is 4.79 Å². The first-order valence-electron chi connectivity index (χ1n) is 7.55. The summed E-state index contributed by atoms with van der Waals surface area (Å²) in [4.78, 5) is 16.7. The molecule has 0 aliphatic rings. The first-order valence-corrected chi connectivity index (χ1v) is 9.22. The molecule has 0 fully saturated rings. The van der Waals surface area contributed by atoms with E-state index in [9.17, 15) is 4.79 Å². The molecule has 5 nitrogen and oxygen atoms in total. The van der Waals surface area contributed by atoms with E-state index in [-0.39, 0.29) is 5.91 Å². The smallest absolute Gasteiger partial charge is 0.251 e. The van der Waals surface area contributed by atoms with E-state index >= 15 is 0 Å². The minimum atomic E-state index is -0.0727. The highest BCUT2D eigenvalue weighted by atomic mass is 79.9. The average Bonchev–Trinajstić information content (AvgIpc) is 3.14. The van der Waals surface area contributed by atoms with E-state index in [4.69, 9.17) is 0 Å². The van der Waals surface area contributed by atoms with E-state index < -0.39 is 0 Å². The van der Waals surface area contributed by atoms with E-state index in [1.807, 2.05) is 42.1 Å². The van der Waals surface area contributed by atoms with Crippen LogP contribution in [0.4, 0.5) is 0 Å². The van der Waals surface area contributed by atoms with Gasteiger partial charge in [0, 0.05) is 34.1 Å². The number of amides is 1. The van der Waals surface area contributed by atoms with Crippen molar-refractivity contribution in [1.29, 1.82) is 0 Å². The molecule has 0 atom stereocenters. The normalized spacial score (nSPS) is 10.8. The van der Waals surface area contributed by atoms with Crippen LogP contribution in [-0.4, -0.2) is 27.2 Å². The van der Waals surface area contributed by atoms with E-state index in [2.05, 4.69) is 31.3 Å². The molecule has 0 spiro atoms. The zero-order chi connectivity index (χ0) is 17.1. The molecule has 0 unspecified atom stereocenters. The Morgan fingerprint density at radius 3 is 2.71 bits per heavy atom. The highest BCUT2D eigenvalue weighted by Gasteiger charge is 2.09. The Balaban J connectivity index is 1.57. The van der Waals surface area contributed by atoms with Crippen LogP contribution in [0.25, 0.3) is 5.13 Å². The SMILES string of the molecule is Cc1cc(C)n(-c2nc(CCNC(=O)c3ccc(Br)cc3)cs2)n1. The lowest BCUT2D eigenvalue weighted by molar-refractivity contribution is 0.0954. The topological polar surface area (TPSA) is 59.8 Å².